The predicted octanol–water partition coefficient (Wildman–Crippen LogP) is 2.24. The average Bonchev–Trinajstić information content (AvgIpc) is 3.49. The van der Waals surface area contributed by atoms with Gasteiger partial charge in [0.2, 0.25) is 5.89 Å². The first-order chi connectivity index (χ1) is 17.7. The molecule has 2 N–H and O–H groups in total. The number of fused-ring (bicyclic) bond motifs is 2. The van der Waals surface area contributed by atoms with Crippen LogP contribution < -0.4 is 15.5 Å². The van der Waals surface area contributed by atoms with Crippen molar-refractivity contribution in [2.75, 3.05) is 41.8 Å². The maximum Gasteiger partial charge on any atom is 0.263 e. The lowest BCUT2D eigenvalue weighted by atomic mass is 9.49. The highest BCUT2D eigenvalue weighted by Crippen LogP contribution is 2.41. The molecule has 0 spiro atoms. The Morgan fingerprint density at radius 2 is 1.86 bits per heavy atom. The molecule has 4 heterocycles. The molecule has 6 radical (unpaired) electrons. The molecule has 1 aliphatic carbocycles. The zero-order valence-electron chi connectivity index (χ0n) is 19.8. The SMILES string of the molecule is [B]C([B])([B])Nc1ncc(-c2nc3cc(N4CCOCC4)ccc3o2)c2cc(NC(=O)C3(F)CC3)ncc12. The van der Waals surface area contributed by atoms with Crippen molar-refractivity contribution in [2.24, 2.45) is 0 Å². The summed E-state index contributed by atoms with van der Waals surface area (Å²) in [6, 6.07) is 7.42. The standard InChI is InChI=1S/C24H20B3FN6O3/c25-24(26,27)33-20-15-11-29-19(32-22(35)23(28)3-4-23)10-14(15)16(12-30-20)21-31-17-9-13(1-2-18(17)37-21)34-5-7-36-8-6-34/h1-2,9-12H,3-8H2,(H,30,33)(H,29,32,35). The van der Waals surface area contributed by atoms with Gasteiger partial charge in [-0.1, -0.05) is 5.24 Å². The summed E-state index contributed by atoms with van der Waals surface area (Å²) in [6.07, 6.45) is 3.38. The molecule has 4 aromatic rings. The zero-order chi connectivity index (χ0) is 25.8. The van der Waals surface area contributed by atoms with Crippen LogP contribution in [-0.4, -0.2) is 81.6 Å². The summed E-state index contributed by atoms with van der Waals surface area (Å²) in [5.41, 5.74) is 0.984. The van der Waals surface area contributed by atoms with Crippen molar-refractivity contribution >= 4 is 68.6 Å². The van der Waals surface area contributed by atoms with Crippen LogP contribution in [0.5, 0.6) is 0 Å². The van der Waals surface area contributed by atoms with E-state index in [-0.39, 0.29) is 24.5 Å². The minimum Gasteiger partial charge on any atom is -0.436 e. The Morgan fingerprint density at radius 1 is 1.08 bits per heavy atom. The molecule has 1 aromatic carbocycles. The van der Waals surface area contributed by atoms with Crippen LogP contribution in [0.1, 0.15) is 12.8 Å². The van der Waals surface area contributed by atoms with Gasteiger partial charge in [-0.15, -0.1) is 0 Å². The minimum atomic E-state index is -1.85. The Labute approximate surface area is 215 Å². The molecule has 37 heavy (non-hydrogen) atoms. The number of amides is 1. The van der Waals surface area contributed by atoms with Crippen molar-refractivity contribution in [2.45, 2.75) is 23.7 Å². The number of hydrogen-bond donors (Lipinski definition) is 2. The molecule has 1 amide bonds. The van der Waals surface area contributed by atoms with E-state index < -0.39 is 16.8 Å². The van der Waals surface area contributed by atoms with E-state index in [4.69, 9.17) is 37.7 Å². The Morgan fingerprint density at radius 3 is 2.59 bits per heavy atom. The molecular formula is C24H20B3FN6O3. The summed E-state index contributed by atoms with van der Waals surface area (Å²) in [4.78, 5) is 27.9. The second-order valence-corrected chi connectivity index (χ2v) is 9.38. The van der Waals surface area contributed by atoms with Crippen molar-refractivity contribution in [1.29, 1.82) is 0 Å². The lowest BCUT2D eigenvalue weighted by Gasteiger charge is -2.28. The fourth-order valence-electron chi connectivity index (χ4n) is 4.29. The third-order valence-corrected chi connectivity index (χ3v) is 6.42. The molecule has 0 atom stereocenters. The van der Waals surface area contributed by atoms with Gasteiger partial charge in [-0.3, -0.25) is 4.79 Å². The Kier molecular flexibility index (Phi) is 5.63. The van der Waals surface area contributed by atoms with Gasteiger partial charge in [0.05, 0.1) is 42.3 Å². The van der Waals surface area contributed by atoms with Crippen molar-refractivity contribution in [3.63, 3.8) is 0 Å². The first kappa shape index (κ1) is 23.8. The van der Waals surface area contributed by atoms with Crippen molar-refractivity contribution < 1.29 is 18.3 Å². The second kappa shape index (κ2) is 8.76. The summed E-state index contributed by atoms with van der Waals surface area (Å²) in [7, 11) is 17.2. The summed E-state index contributed by atoms with van der Waals surface area (Å²) in [5.74, 6) is 0.0255. The van der Waals surface area contributed by atoms with Gasteiger partial charge in [0, 0.05) is 41.9 Å². The quantitative estimate of drug-likeness (QED) is 0.396. The highest BCUT2D eigenvalue weighted by atomic mass is 19.1. The Bertz CT molecular complexity index is 1520. The molecule has 1 saturated carbocycles. The number of carbonyl (C=O) groups is 1. The maximum absolute atomic E-state index is 14.2. The molecule has 3 aromatic heterocycles. The molecule has 180 valence electrons. The van der Waals surface area contributed by atoms with E-state index in [9.17, 15) is 9.18 Å². The van der Waals surface area contributed by atoms with Gasteiger partial charge in [-0.25, -0.2) is 19.3 Å². The third kappa shape index (κ3) is 4.75. The van der Waals surface area contributed by atoms with Crippen LogP contribution >= 0.6 is 0 Å². The van der Waals surface area contributed by atoms with Gasteiger partial charge < -0.3 is 24.7 Å². The molecule has 1 aliphatic heterocycles. The first-order valence-corrected chi connectivity index (χ1v) is 11.9. The van der Waals surface area contributed by atoms with Crippen molar-refractivity contribution in [1.82, 2.24) is 15.0 Å². The number of pyridine rings is 2. The third-order valence-electron chi connectivity index (χ3n) is 6.42. The average molecular weight is 492 g/mol. The topological polar surface area (TPSA) is 105 Å². The van der Waals surface area contributed by atoms with Crippen LogP contribution in [0.3, 0.4) is 0 Å². The van der Waals surface area contributed by atoms with Crippen LogP contribution in [0, 0.1) is 0 Å². The highest BCUT2D eigenvalue weighted by Gasteiger charge is 2.51. The molecular weight excluding hydrogens is 472 g/mol. The first-order valence-electron chi connectivity index (χ1n) is 11.9. The van der Waals surface area contributed by atoms with Gasteiger partial charge in [-0.2, -0.15) is 0 Å². The number of nitrogens with one attached hydrogen (secondary N) is 2. The molecule has 2 fully saturated rings. The molecule has 9 nitrogen and oxygen atoms in total. The van der Waals surface area contributed by atoms with Crippen LogP contribution in [0.2, 0.25) is 0 Å². The number of ether oxygens (including phenoxy) is 1. The fraction of sp³-hybridized carbons (Fsp3) is 0.333. The summed E-state index contributed by atoms with van der Waals surface area (Å²) < 4.78 is 25.8. The number of benzene rings is 1. The predicted molar refractivity (Wildman–Crippen MR) is 141 cm³/mol. The van der Waals surface area contributed by atoms with E-state index in [1.165, 1.54) is 12.4 Å². The minimum absolute atomic E-state index is 0.171. The molecule has 0 unspecified atom stereocenters. The number of hydrogen-bond acceptors (Lipinski definition) is 8. The van der Waals surface area contributed by atoms with E-state index in [0.29, 0.717) is 46.5 Å². The molecule has 2 aliphatic rings. The molecule has 1 saturated heterocycles. The second-order valence-electron chi connectivity index (χ2n) is 9.38. The number of oxazole rings is 1. The number of aromatic nitrogens is 3. The Hall–Kier alpha value is -3.60. The van der Waals surface area contributed by atoms with E-state index in [2.05, 4.69) is 25.5 Å². The molecule has 0 bridgehead atoms. The Balaban J connectivity index is 1.42. The molecule has 6 rings (SSSR count). The summed E-state index contributed by atoms with van der Waals surface area (Å²) in [6.45, 7) is 2.94. The van der Waals surface area contributed by atoms with Gasteiger partial charge in [0.15, 0.2) is 11.3 Å². The van der Waals surface area contributed by atoms with Gasteiger partial charge in [-0.05, 0) is 37.1 Å². The van der Waals surface area contributed by atoms with Crippen LogP contribution in [-0.2, 0) is 9.53 Å². The number of rotatable bonds is 6. The number of carbonyl (C=O) groups excluding carboxylic acids is 1. The number of morpholine rings is 1. The zero-order valence-corrected chi connectivity index (χ0v) is 19.8. The van der Waals surface area contributed by atoms with Gasteiger partial charge in [0.1, 0.15) is 17.2 Å². The van der Waals surface area contributed by atoms with E-state index in [1.54, 1.807) is 6.07 Å². The summed E-state index contributed by atoms with van der Waals surface area (Å²) in [5, 5.41) is 4.61. The maximum atomic E-state index is 14.2. The van der Waals surface area contributed by atoms with E-state index >= 15 is 0 Å². The van der Waals surface area contributed by atoms with Gasteiger partial charge >= 0.3 is 0 Å². The largest absolute Gasteiger partial charge is 0.436 e. The lowest BCUT2D eigenvalue weighted by Crippen LogP contribution is -2.40. The number of alkyl halides is 1. The van der Waals surface area contributed by atoms with Gasteiger partial charge in [0.25, 0.3) is 5.91 Å². The van der Waals surface area contributed by atoms with Crippen LogP contribution in [0.15, 0.2) is 41.1 Å². The number of anilines is 3. The van der Waals surface area contributed by atoms with Crippen molar-refractivity contribution in [3.8, 4) is 11.5 Å². The smallest absolute Gasteiger partial charge is 0.263 e. The summed E-state index contributed by atoms with van der Waals surface area (Å²) >= 11 is 0. The fourth-order valence-corrected chi connectivity index (χ4v) is 4.29. The molecule has 13 heteroatoms. The lowest BCUT2D eigenvalue weighted by molar-refractivity contribution is -0.122. The normalized spacial score (nSPS) is 17.2. The number of nitrogens with zero attached hydrogens (tertiary/aromatic N) is 4. The van der Waals surface area contributed by atoms with Crippen molar-refractivity contribution in [3.05, 3.63) is 36.7 Å². The van der Waals surface area contributed by atoms with Crippen LogP contribution in [0.25, 0.3) is 33.3 Å². The highest BCUT2D eigenvalue weighted by molar-refractivity contribution is 6.60. The monoisotopic (exact) mass is 492 g/mol. The van der Waals surface area contributed by atoms with E-state index in [1.807, 2.05) is 18.2 Å². The van der Waals surface area contributed by atoms with Crippen LogP contribution in [0.4, 0.5) is 21.7 Å². The number of halogens is 1. The van der Waals surface area contributed by atoms with E-state index in [0.717, 1.165) is 18.8 Å².